The Kier molecular flexibility index (Phi) is 4.84. The Bertz CT molecular complexity index is 1240. The number of nitrogens with zero attached hydrogens (tertiary/aromatic N) is 1. The highest BCUT2D eigenvalue weighted by molar-refractivity contribution is 7.91. The lowest BCUT2D eigenvalue weighted by atomic mass is 10.0. The molecule has 1 heterocycles. The van der Waals surface area contributed by atoms with E-state index in [4.69, 9.17) is 4.42 Å². The molecule has 4 aromatic rings. The summed E-state index contributed by atoms with van der Waals surface area (Å²) in [5.74, 6) is 0.496. The van der Waals surface area contributed by atoms with Crippen LogP contribution in [0.15, 0.2) is 82.1 Å². The summed E-state index contributed by atoms with van der Waals surface area (Å²) >= 11 is 0. The zero-order chi connectivity index (χ0) is 19.6. The number of sulfone groups is 1. The lowest BCUT2D eigenvalue weighted by Crippen LogP contribution is -2.03. The maximum atomic E-state index is 12.0. The fourth-order valence-corrected chi connectivity index (χ4v) is 3.84. The summed E-state index contributed by atoms with van der Waals surface area (Å²) in [7, 11) is -3.26. The number of benzene rings is 3. The molecule has 0 amide bonds. The van der Waals surface area contributed by atoms with Gasteiger partial charge in [0.15, 0.2) is 15.4 Å². The fourth-order valence-electron chi connectivity index (χ4n) is 2.94. The first-order valence-corrected chi connectivity index (χ1v) is 10.7. The number of oxazole rings is 1. The van der Waals surface area contributed by atoms with Crippen molar-refractivity contribution < 1.29 is 12.8 Å². The predicted molar refractivity (Wildman–Crippen MR) is 113 cm³/mol. The molecule has 0 aliphatic carbocycles. The summed E-state index contributed by atoms with van der Waals surface area (Å²) in [5.41, 5.74) is 4.46. The first-order chi connectivity index (χ1) is 13.5. The molecule has 0 unspecified atom stereocenters. The molecule has 3 aromatic carbocycles. The minimum absolute atomic E-state index is 0.0576. The van der Waals surface area contributed by atoms with Crippen molar-refractivity contribution in [2.75, 3.05) is 5.75 Å². The van der Waals surface area contributed by atoms with Crippen molar-refractivity contribution in [1.82, 2.24) is 4.98 Å². The fraction of sp³-hybridized carbons (Fsp3) is 0.0870. The quantitative estimate of drug-likeness (QED) is 0.455. The largest absolute Gasteiger partial charge is 0.437 e. The topological polar surface area (TPSA) is 60.2 Å². The summed E-state index contributed by atoms with van der Waals surface area (Å²) in [4.78, 5) is 4.65. The van der Waals surface area contributed by atoms with Gasteiger partial charge < -0.3 is 4.42 Å². The molecule has 0 radical (unpaired) electrons. The van der Waals surface area contributed by atoms with E-state index in [1.807, 2.05) is 36.4 Å². The van der Waals surface area contributed by atoms with Gasteiger partial charge in [-0.15, -0.1) is 0 Å². The van der Waals surface area contributed by atoms with Gasteiger partial charge in [0.1, 0.15) is 5.52 Å². The maximum absolute atomic E-state index is 12.0. The molecule has 0 saturated heterocycles. The molecule has 0 aliphatic rings. The number of rotatable bonds is 5. The van der Waals surface area contributed by atoms with Gasteiger partial charge in [0.25, 0.3) is 0 Å². The Labute approximate surface area is 164 Å². The zero-order valence-electron chi connectivity index (χ0n) is 15.4. The third kappa shape index (κ3) is 3.75. The molecule has 0 saturated carbocycles. The summed E-state index contributed by atoms with van der Waals surface area (Å²) in [6.45, 7) is 1.62. The van der Waals surface area contributed by atoms with Crippen LogP contribution in [0.1, 0.15) is 18.4 Å². The zero-order valence-corrected chi connectivity index (χ0v) is 16.2. The number of hydrogen-bond donors (Lipinski definition) is 0. The highest BCUT2D eigenvalue weighted by Gasteiger charge is 2.14. The first kappa shape index (κ1) is 18.2. The Morgan fingerprint density at radius 2 is 1.61 bits per heavy atom. The summed E-state index contributed by atoms with van der Waals surface area (Å²) < 4.78 is 29.7. The average Bonchev–Trinajstić information content (AvgIpc) is 3.15. The summed E-state index contributed by atoms with van der Waals surface area (Å²) in [6.07, 6.45) is 3.70. The van der Waals surface area contributed by atoms with E-state index in [1.54, 1.807) is 31.2 Å². The molecule has 4 rings (SSSR count). The smallest absolute Gasteiger partial charge is 0.220 e. The molecule has 0 bridgehead atoms. The molecular formula is C23H19NO3S. The maximum Gasteiger partial charge on any atom is 0.220 e. The van der Waals surface area contributed by atoms with E-state index in [-0.39, 0.29) is 10.6 Å². The van der Waals surface area contributed by atoms with Crippen molar-refractivity contribution in [1.29, 1.82) is 0 Å². The van der Waals surface area contributed by atoms with E-state index in [2.05, 4.69) is 29.2 Å². The lowest BCUT2D eigenvalue weighted by Gasteiger charge is -2.01. The minimum Gasteiger partial charge on any atom is -0.437 e. The van der Waals surface area contributed by atoms with Crippen LogP contribution < -0.4 is 0 Å². The van der Waals surface area contributed by atoms with Gasteiger partial charge in [-0.1, -0.05) is 61.5 Å². The van der Waals surface area contributed by atoms with E-state index in [9.17, 15) is 8.42 Å². The average molecular weight is 389 g/mol. The Hall–Kier alpha value is -3.18. The van der Waals surface area contributed by atoms with E-state index >= 15 is 0 Å². The SMILES string of the molecule is CCS(=O)(=O)c1ccc2oc(/C=C/c3ccc(-c4ccccc4)cc3)nc2c1. The molecular weight excluding hydrogens is 370 g/mol. The molecule has 4 nitrogen and oxygen atoms in total. The molecule has 140 valence electrons. The summed E-state index contributed by atoms with van der Waals surface area (Å²) in [5, 5.41) is 0. The van der Waals surface area contributed by atoms with Crippen LogP contribution >= 0.6 is 0 Å². The van der Waals surface area contributed by atoms with Crippen molar-refractivity contribution in [3.05, 3.63) is 84.3 Å². The Morgan fingerprint density at radius 1 is 0.893 bits per heavy atom. The van der Waals surface area contributed by atoms with Gasteiger partial charge in [0.2, 0.25) is 5.89 Å². The van der Waals surface area contributed by atoms with Crippen LogP contribution in [0.3, 0.4) is 0 Å². The van der Waals surface area contributed by atoms with Crippen molar-refractivity contribution in [3.63, 3.8) is 0 Å². The van der Waals surface area contributed by atoms with Gasteiger partial charge in [0.05, 0.1) is 10.6 Å². The molecule has 28 heavy (non-hydrogen) atoms. The van der Waals surface area contributed by atoms with Gasteiger partial charge in [-0.2, -0.15) is 0 Å². The molecule has 0 atom stereocenters. The van der Waals surface area contributed by atoms with Crippen LogP contribution in [0.5, 0.6) is 0 Å². The van der Waals surface area contributed by atoms with Gasteiger partial charge >= 0.3 is 0 Å². The van der Waals surface area contributed by atoms with Gasteiger partial charge in [-0.3, -0.25) is 0 Å². The molecule has 0 spiro atoms. The Balaban J connectivity index is 1.57. The van der Waals surface area contributed by atoms with Gasteiger partial charge in [0, 0.05) is 6.08 Å². The third-order valence-electron chi connectivity index (χ3n) is 4.55. The Morgan fingerprint density at radius 3 is 2.32 bits per heavy atom. The van der Waals surface area contributed by atoms with E-state index < -0.39 is 9.84 Å². The van der Waals surface area contributed by atoms with Gasteiger partial charge in [-0.05, 0) is 41.0 Å². The molecule has 1 aromatic heterocycles. The highest BCUT2D eigenvalue weighted by Crippen LogP contribution is 2.23. The monoisotopic (exact) mass is 389 g/mol. The molecule has 0 aliphatic heterocycles. The van der Waals surface area contributed by atoms with E-state index in [0.29, 0.717) is 17.0 Å². The third-order valence-corrected chi connectivity index (χ3v) is 6.28. The van der Waals surface area contributed by atoms with Crippen LogP contribution in [-0.2, 0) is 9.84 Å². The second-order valence-corrected chi connectivity index (χ2v) is 8.68. The standard InChI is InChI=1S/C23H19NO3S/c1-2-28(25,26)20-13-14-22-21(16-20)24-23(27-22)15-10-17-8-11-19(12-9-17)18-6-4-3-5-7-18/h3-16H,2H2,1H3/b15-10+. The predicted octanol–water partition coefficient (Wildman–Crippen LogP) is 5.46. The second-order valence-electron chi connectivity index (χ2n) is 6.41. The number of hydrogen-bond acceptors (Lipinski definition) is 4. The highest BCUT2D eigenvalue weighted by atomic mass is 32.2. The van der Waals surface area contributed by atoms with Crippen molar-refractivity contribution in [2.24, 2.45) is 0 Å². The molecule has 5 heteroatoms. The number of fused-ring (bicyclic) bond motifs is 1. The summed E-state index contributed by atoms with van der Waals surface area (Å²) in [6, 6.07) is 23.2. The minimum atomic E-state index is -3.26. The van der Waals surface area contributed by atoms with Crippen molar-refractivity contribution in [2.45, 2.75) is 11.8 Å². The van der Waals surface area contributed by atoms with Crippen LogP contribution in [-0.4, -0.2) is 19.2 Å². The molecule has 0 fully saturated rings. The second kappa shape index (κ2) is 7.44. The van der Waals surface area contributed by atoms with E-state index in [1.165, 1.54) is 5.56 Å². The van der Waals surface area contributed by atoms with E-state index in [0.717, 1.165) is 11.1 Å². The van der Waals surface area contributed by atoms with Crippen molar-refractivity contribution >= 4 is 33.1 Å². The number of aromatic nitrogens is 1. The van der Waals surface area contributed by atoms with Crippen LogP contribution in [0.2, 0.25) is 0 Å². The first-order valence-electron chi connectivity index (χ1n) is 9.02. The molecule has 0 N–H and O–H groups in total. The van der Waals surface area contributed by atoms with Crippen LogP contribution in [0.4, 0.5) is 0 Å². The van der Waals surface area contributed by atoms with Crippen LogP contribution in [0, 0.1) is 0 Å². The lowest BCUT2D eigenvalue weighted by molar-refractivity contribution is 0.589. The van der Waals surface area contributed by atoms with Crippen LogP contribution in [0.25, 0.3) is 34.4 Å². The normalized spacial score (nSPS) is 12.0. The van der Waals surface area contributed by atoms with Crippen molar-refractivity contribution in [3.8, 4) is 11.1 Å². The van der Waals surface area contributed by atoms with Gasteiger partial charge in [-0.25, -0.2) is 13.4 Å².